The summed E-state index contributed by atoms with van der Waals surface area (Å²) in [5.74, 6) is 2.60. The molecule has 1 aliphatic rings. The zero-order valence-electron chi connectivity index (χ0n) is 22.1. The molecule has 2 aromatic carbocycles. The van der Waals surface area contributed by atoms with Crippen LogP contribution in [0.2, 0.25) is 0 Å². The molecule has 3 rings (SSSR count). The van der Waals surface area contributed by atoms with Crippen molar-refractivity contribution in [2.24, 2.45) is 5.92 Å². The normalized spacial score (nSPS) is 15.8. The van der Waals surface area contributed by atoms with Crippen LogP contribution in [0, 0.1) is 18.3 Å². The first kappa shape index (κ1) is 27.8. The zero-order valence-corrected chi connectivity index (χ0v) is 23.1. The van der Waals surface area contributed by atoms with Crippen molar-refractivity contribution < 1.29 is 9.59 Å². The van der Waals surface area contributed by atoms with Gasteiger partial charge in [0.1, 0.15) is 0 Å². The topological polar surface area (TPSA) is 73.3 Å². The zero-order chi connectivity index (χ0) is 26.1. The molecule has 2 atom stereocenters. The lowest BCUT2D eigenvalue weighted by Gasteiger charge is -2.32. The average molecular weight is 506 g/mol. The summed E-state index contributed by atoms with van der Waals surface area (Å²) in [5, 5.41) is 10.7. The van der Waals surface area contributed by atoms with Crippen LogP contribution in [-0.4, -0.2) is 42.7 Å². The first-order chi connectivity index (χ1) is 17.4. The molecule has 1 fully saturated rings. The van der Waals surface area contributed by atoms with Gasteiger partial charge >= 0.3 is 0 Å². The minimum atomic E-state index is 0.00146. The molecule has 0 saturated carbocycles. The van der Waals surface area contributed by atoms with E-state index in [1.165, 1.54) is 11.8 Å². The van der Waals surface area contributed by atoms with Gasteiger partial charge in [0.05, 0.1) is 0 Å². The molecule has 1 heterocycles. The molecular formula is C30H40N3O2P. The van der Waals surface area contributed by atoms with Crippen molar-refractivity contribution in [3.8, 4) is 0 Å². The molecule has 2 amide bonds. The molecule has 192 valence electrons. The smallest absolute Gasteiger partial charge is 0.253 e. The number of benzene rings is 2. The Morgan fingerprint density at radius 2 is 1.78 bits per heavy atom. The highest BCUT2D eigenvalue weighted by atomic mass is 31.1. The molecule has 1 aliphatic heterocycles. The van der Waals surface area contributed by atoms with Gasteiger partial charge in [0.25, 0.3) is 5.91 Å². The monoisotopic (exact) mass is 505 g/mol. The molecule has 0 bridgehead atoms. The van der Waals surface area contributed by atoms with Gasteiger partial charge in [-0.2, -0.15) is 0 Å². The van der Waals surface area contributed by atoms with E-state index in [1.54, 1.807) is 0 Å². The molecule has 5 nitrogen and oxygen atoms in total. The third-order valence-electron chi connectivity index (χ3n) is 7.20. The Morgan fingerprint density at radius 3 is 2.36 bits per heavy atom. The van der Waals surface area contributed by atoms with Gasteiger partial charge in [-0.05, 0) is 79.6 Å². The third-order valence-corrected chi connectivity index (χ3v) is 7.80. The molecule has 2 N–H and O–H groups in total. The lowest BCUT2D eigenvalue weighted by Crippen LogP contribution is -2.38. The first-order valence-electron chi connectivity index (χ1n) is 13.1. The fraction of sp³-hybridized carbons (Fsp3) is 0.433. The van der Waals surface area contributed by atoms with Gasteiger partial charge in [-0.25, -0.2) is 0 Å². The Morgan fingerprint density at radius 1 is 1.11 bits per heavy atom. The number of allylic oxidation sites excluding steroid dienone is 1. The fourth-order valence-electron chi connectivity index (χ4n) is 4.90. The van der Waals surface area contributed by atoms with Crippen molar-refractivity contribution in [3.63, 3.8) is 0 Å². The molecular weight excluding hydrogens is 465 g/mol. The van der Waals surface area contributed by atoms with Crippen molar-refractivity contribution >= 4 is 37.9 Å². The Hall–Kier alpha value is -2.78. The third kappa shape index (κ3) is 6.91. The lowest BCUT2D eigenvalue weighted by molar-refractivity contribution is -0.120. The standard InChI is InChI=1S/C30H40N3O2P/c1-5-7-22(6-2)29(34)32-28-18-26(9-8-21(28)3)30(35)33-16-14-25(15-17-33)23-10-12-24(13-11-23)27(19-31)20-36-4/h8-13,18-20,22,25,31,36H,5-7,14-17H2,1-4H3,(H,32,34)/b27-20+,31-19?. The fourth-order valence-corrected chi connectivity index (χ4v) is 5.46. The maximum absolute atomic E-state index is 13.3. The summed E-state index contributed by atoms with van der Waals surface area (Å²) < 4.78 is 0. The van der Waals surface area contributed by atoms with Gasteiger partial charge in [0.15, 0.2) is 0 Å². The van der Waals surface area contributed by atoms with Crippen LogP contribution in [0.25, 0.3) is 5.57 Å². The SMILES string of the molecule is CCCC(CC)C(=O)Nc1cc(C(=O)N2CCC(c3ccc(/C(C=N)=C/PC)cc3)CC2)ccc1C. The summed E-state index contributed by atoms with van der Waals surface area (Å²) in [6, 6.07) is 14.2. The van der Waals surface area contributed by atoms with E-state index in [0.717, 1.165) is 67.6 Å². The molecule has 2 aromatic rings. The van der Waals surface area contributed by atoms with Gasteiger partial charge in [0, 0.05) is 36.5 Å². The molecule has 1 saturated heterocycles. The Bertz CT molecular complexity index is 1090. The molecule has 0 spiro atoms. The summed E-state index contributed by atoms with van der Waals surface area (Å²) in [5.41, 5.74) is 5.67. The van der Waals surface area contributed by atoms with E-state index in [4.69, 9.17) is 5.41 Å². The number of nitrogens with zero attached hydrogens (tertiary/aromatic N) is 1. The predicted octanol–water partition coefficient (Wildman–Crippen LogP) is 7.08. The number of carbonyl (C=O) groups excluding carboxylic acids is 2. The Balaban J connectivity index is 1.63. The predicted molar refractivity (Wildman–Crippen MR) is 154 cm³/mol. The molecule has 0 aromatic heterocycles. The Labute approximate surface area is 218 Å². The van der Waals surface area contributed by atoms with Crippen molar-refractivity contribution in [1.82, 2.24) is 4.90 Å². The number of rotatable bonds is 10. The quantitative estimate of drug-likeness (QED) is 0.267. The van der Waals surface area contributed by atoms with E-state index >= 15 is 0 Å². The van der Waals surface area contributed by atoms with E-state index in [-0.39, 0.29) is 17.7 Å². The second-order valence-electron chi connectivity index (χ2n) is 9.63. The number of anilines is 1. The van der Waals surface area contributed by atoms with Crippen LogP contribution in [0.4, 0.5) is 5.69 Å². The van der Waals surface area contributed by atoms with Crippen molar-refractivity contribution in [1.29, 1.82) is 5.41 Å². The number of carbonyl (C=O) groups is 2. The number of piperidine rings is 1. The van der Waals surface area contributed by atoms with Crippen molar-refractivity contribution in [2.45, 2.75) is 58.8 Å². The minimum absolute atomic E-state index is 0.00146. The molecule has 2 unspecified atom stereocenters. The molecule has 36 heavy (non-hydrogen) atoms. The number of likely N-dealkylation sites (tertiary alicyclic amines) is 1. The maximum atomic E-state index is 13.3. The van der Waals surface area contributed by atoms with Crippen LogP contribution < -0.4 is 5.32 Å². The molecule has 0 aliphatic carbocycles. The number of hydrogen-bond donors (Lipinski definition) is 2. The van der Waals surface area contributed by atoms with E-state index in [9.17, 15) is 9.59 Å². The van der Waals surface area contributed by atoms with E-state index in [0.29, 0.717) is 20.1 Å². The highest BCUT2D eigenvalue weighted by Gasteiger charge is 2.25. The van der Waals surface area contributed by atoms with Gasteiger partial charge in [0.2, 0.25) is 5.91 Å². The first-order valence-corrected chi connectivity index (χ1v) is 14.7. The van der Waals surface area contributed by atoms with Gasteiger partial charge in [-0.15, -0.1) is 8.58 Å². The summed E-state index contributed by atoms with van der Waals surface area (Å²) in [4.78, 5) is 27.9. The van der Waals surface area contributed by atoms with Gasteiger partial charge in [-0.3, -0.25) is 9.59 Å². The molecule has 0 radical (unpaired) electrons. The van der Waals surface area contributed by atoms with Crippen LogP contribution in [0.15, 0.2) is 48.3 Å². The highest BCUT2D eigenvalue weighted by molar-refractivity contribution is 7.41. The summed E-state index contributed by atoms with van der Waals surface area (Å²) in [6.45, 7) is 9.65. The number of amides is 2. The summed E-state index contributed by atoms with van der Waals surface area (Å²) in [6.07, 6.45) is 5.94. The lowest BCUT2D eigenvalue weighted by atomic mass is 9.88. The van der Waals surface area contributed by atoms with E-state index in [2.05, 4.69) is 49.0 Å². The maximum Gasteiger partial charge on any atom is 0.253 e. The minimum Gasteiger partial charge on any atom is -0.339 e. The average Bonchev–Trinajstić information content (AvgIpc) is 2.91. The number of aryl methyl sites for hydroxylation is 1. The van der Waals surface area contributed by atoms with Crippen molar-refractivity contribution in [3.05, 3.63) is 70.5 Å². The number of hydrogen-bond acceptors (Lipinski definition) is 3. The van der Waals surface area contributed by atoms with Crippen LogP contribution in [0.5, 0.6) is 0 Å². The molecule has 6 heteroatoms. The van der Waals surface area contributed by atoms with Crippen LogP contribution in [-0.2, 0) is 4.79 Å². The van der Waals surface area contributed by atoms with Crippen LogP contribution >= 0.6 is 8.58 Å². The summed E-state index contributed by atoms with van der Waals surface area (Å²) >= 11 is 0. The van der Waals surface area contributed by atoms with Gasteiger partial charge < -0.3 is 15.6 Å². The van der Waals surface area contributed by atoms with Crippen LogP contribution in [0.1, 0.15) is 78.9 Å². The van der Waals surface area contributed by atoms with Crippen molar-refractivity contribution in [2.75, 3.05) is 25.1 Å². The number of nitrogens with one attached hydrogen (secondary N) is 2. The Kier molecular flexibility index (Phi) is 10.4. The van der Waals surface area contributed by atoms with E-state index in [1.807, 2.05) is 36.9 Å². The van der Waals surface area contributed by atoms with Gasteiger partial charge in [-0.1, -0.05) is 56.4 Å². The largest absolute Gasteiger partial charge is 0.339 e. The second kappa shape index (κ2) is 13.5. The van der Waals surface area contributed by atoms with Crippen LogP contribution in [0.3, 0.4) is 0 Å². The summed E-state index contributed by atoms with van der Waals surface area (Å²) in [7, 11) is 0.678. The highest BCUT2D eigenvalue weighted by Crippen LogP contribution is 2.30. The second-order valence-corrected chi connectivity index (χ2v) is 10.5. The van der Waals surface area contributed by atoms with E-state index < -0.39 is 0 Å².